The first-order valence-corrected chi connectivity index (χ1v) is 10.2. The van der Waals surface area contributed by atoms with Gasteiger partial charge >= 0.3 is 0 Å². The Morgan fingerprint density at radius 1 is 1.04 bits per heavy atom. The van der Waals surface area contributed by atoms with Crippen molar-refractivity contribution in [1.29, 1.82) is 0 Å². The number of rotatable bonds is 9. The fourth-order valence-electron chi connectivity index (χ4n) is 3.41. The van der Waals surface area contributed by atoms with E-state index in [1.54, 1.807) is 0 Å². The van der Waals surface area contributed by atoms with E-state index in [1.165, 1.54) is 35.8 Å². The Morgan fingerprint density at radius 3 is 2.50 bits per heavy atom. The van der Waals surface area contributed by atoms with E-state index >= 15 is 0 Å². The van der Waals surface area contributed by atoms with Gasteiger partial charge in [0.1, 0.15) is 0 Å². The predicted molar refractivity (Wildman–Crippen MR) is 110 cm³/mol. The first-order valence-electron chi connectivity index (χ1n) is 10.2. The number of aromatic nitrogens is 3. The highest BCUT2D eigenvalue weighted by molar-refractivity contribution is 5.91. The van der Waals surface area contributed by atoms with E-state index in [1.807, 2.05) is 36.1 Å². The zero-order chi connectivity index (χ0) is 19.9. The van der Waals surface area contributed by atoms with Crippen LogP contribution >= 0.6 is 0 Å². The third-order valence-corrected chi connectivity index (χ3v) is 5.09. The number of carbonyl (C=O) groups excluding carboxylic acids is 1. The first kappa shape index (κ1) is 20.0. The Kier molecular flexibility index (Phi) is 6.79. The number of fused-ring (bicyclic) bond motifs is 1. The molecule has 0 saturated carbocycles. The zero-order valence-corrected chi connectivity index (χ0v) is 16.8. The summed E-state index contributed by atoms with van der Waals surface area (Å²) in [6.07, 6.45) is 6.89. The molecule has 0 fully saturated rings. The Balaban J connectivity index is 1.62. The van der Waals surface area contributed by atoms with Crippen molar-refractivity contribution >= 4 is 17.5 Å². The number of carbonyl (C=O) groups is 1. The Morgan fingerprint density at radius 2 is 1.75 bits per heavy atom. The average molecular weight is 383 g/mol. The molecule has 0 saturated heterocycles. The van der Waals surface area contributed by atoms with Gasteiger partial charge in [0.05, 0.1) is 0 Å². The molecule has 0 radical (unpaired) electrons. The Hall–Kier alpha value is -2.70. The largest absolute Gasteiger partial charge is 0.350 e. The smallest absolute Gasteiger partial charge is 0.286 e. The molecule has 0 bridgehead atoms. The highest BCUT2D eigenvalue weighted by atomic mass is 16.2. The molecular formula is C21H29N5O2. The van der Waals surface area contributed by atoms with Crippen LogP contribution in [-0.4, -0.2) is 33.8 Å². The highest BCUT2D eigenvalue weighted by Crippen LogP contribution is 2.26. The summed E-state index contributed by atoms with van der Waals surface area (Å²) in [5.41, 5.74) is 1.63. The maximum atomic E-state index is 12.7. The van der Waals surface area contributed by atoms with Gasteiger partial charge in [-0.2, -0.15) is 0 Å². The molecule has 1 aromatic heterocycles. The van der Waals surface area contributed by atoms with Gasteiger partial charge in [0.15, 0.2) is 0 Å². The molecule has 1 aliphatic rings. The molecule has 0 atom stereocenters. The van der Waals surface area contributed by atoms with E-state index in [2.05, 4.69) is 22.4 Å². The van der Waals surface area contributed by atoms with Crippen LogP contribution in [0.2, 0.25) is 0 Å². The summed E-state index contributed by atoms with van der Waals surface area (Å²) in [5, 5.41) is 10.9. The van der Waals surface area contributed by atoms with E-state index in [9.17, 15) is 9.59 Å². The topological polar surface area (TPSA) is 80.1 Å². The summed E-state index contributed by atoms with van der Waals surface area (Å²) in [6, 6.07) is 8.04. The van der Waals surface area contributed by atoms with Gasteiger partial charge < -0.3 is 10.2 Å². The van der Waals surface area contributed by atoms with Crippen molar-refractivity contribution in [1.82, 2.24) is 20.1 Å². The van der Waals surface area contributed by atoms with Gasteiger partial charge in [-0.3, -0.25) is 14.2 Å². The molecule has 0 spiro atoms. The van der Waals surface area contributed by atoms with E-state index < -0.39 is 5.91 Å². The third-order valence-electron chi connectivity index (χ3n) is 5.09. The summed E-state index contributed by atoms with van der Waals surface area (Å²) >= 11 is 0. The summed E-state index contributed by atoms with van der Waals surface area (Å²) in [4.78, 5) is 27.0. The number of benzene rings is 1. The first-order chi connectivity index (χ1) is 13.6. The van der Waals surface area contributed by atoms with Crippen molar-refractivity contribution in [3.05, 3.63) is 45.9 Å². The van der Waals surface area contributed by atoms with E-state index in [4.69, 9.17) is 0 Å². The van der Waals surface area contributed by atoms with Gasteiger partial charge in [-0.1, -0.05) is 56.7 Å². The minimum Gasteiger partial charge on any atom is -0.350 e. The number of anilines is 2. The molecule has 1 N–H and O–H groups in total. The number of aryl methyl sites for hydroxylation is 1. The van der Waals surface area contributed by atoms with Crippen LogP contribution in [0.5, 0.6) is 0 Å². The van der Waals surface area contributed by atoms with Crippen molar-refractivity contribution in [3.63, 3.8) is 0 Å². The molecule has 1 aliphatic heterocycles. The maximum Gasteiger partial charge on any atom is 0.286 e. The molecule has 0 unspecified atom stereocenters. The quantitative estimate of drug-likeness (QED) is 0.673. The SMILES string of the molecule is CCCCCCCCNC(=O)c1nnc2n(c1=O)CCN2c1ccc(C)cc1. The lowest BCUT2D eigenvalue weighted by molar-refractivity contribution is 0.0944. The van der Waals surface area contributed by atoms with Crippen molar-refractivity contribution in [3.8, 4) is 0 Å². The lowest BCUT2D eigenvalue weighted by Gasteiger charge is -2.16. The van der Waals surface area contributed by atoms with Crippen molar-refractivity contribution < 1.29 is 4.79 Å². The summed E-state index contributed by atoms with van der Waals surface area (Å²) in [6.45, 7) is 5.91. The minimum absolute atomic E-state index is 0.125. The van der Waals surface area contributed by atoms with Crippen LogP contribution in [-0.2, 0) is 6.54 Å². The summed E-state index contributed by atoms with van der Waals surface area (Å²) < 4.78 is 1.53. The zero-order valence-electron chi connectivity index (χ0n) is 16.8. The second kappa shape index (κ2) is 9.48. The fourth-order valence-corrected chi connectivity index (χ4v) is 3.41. The molecule has 2 heterocycles. The lowest BCUT2D eigenvalue weighted by atomic mass is 10.1. The van der Waals surface area contributed by atoms with E-state index in [0.717, 1.165) is 18.5 Å². The molecule has 28 heavy (non-hydrogen) atoms. The van der Waals surface area contributed by atoms with Gasteiger partial charge in [-0.15, -0.1) is 10.2 Å². The molecular weight excluding hydrogens is 354 g/mol. The van der Waals surface area contributed by atoms with Crippen molar-refractivity contribution in [2.75, 3.05) is 18.0 Å². The lowest BCUT2D eigenvalue weighted by Crippen LogP contribution is -2.35. The third kappa shape index (κ3) is 4.58. The molecule has 7 heteroatoms. The fraction of sp³-hybridized carbons (Fsp3) is 0.524. The minimum atomic E-state index is -0.435. The van der Waals surface area contributed by atoms with Crippen molar-refractivity contribution in [2.45, 2.75) is 58.9 Å². The normalized spacial score (nSPS) is 12.9. The highest BCUT2D eigenvalue weighted by Gasteiger charge is 2.27. The van der Waals surface area contributed by atoms with Gasteiger partial charge in [0.2, 0.25) is 11.6 Å². The van der Waals surface area contributed by atoms with Crippen LogP contribution in [0.4, 0.5) is 11.6 Å². The summed E-state index contributed by atoms with van der Waals surface area (Å²) in [7, 11) is 0. The second-order valence-electron chi connectivity index (χ2n) is 7.32. The molecule has 2 aromatic rings. The molecule has 7 nitrogen and oxygen atoms in total. The van der Waals surface area contributed by atoms with Gasteiger partial charge in [-0.25, -0.2) is 0 Å². The van der Waals surface area contributed by atoms with Crippen LogP contribution in [0.3, 0.4) is 0 Å². The number of hydrogen-bond acceptors (Lipinski definition) is 5. The van der Waals surface area contributed by atoms with E-state index in [0.29, 0.717) is 25.6 Å². The molecule has 1 aromatic carbocycles. The predicted octanol–water partition coefficient (Wildman–Crippen LogP) is 3.19. The Labute approximate surface area is 165 Å². The maximum absolute atomic E-state index is 12.7. The molecule has 150 valence electrons. The van der Waals surface area contributed by atoms with Crippen LogP contribution < -0.4 is 15.8 Å². The second-order valence-corrected chi connectivity index (χ2v) is 7.32. The number of amides is 1. The van der Waals surface area contributed by atoms with Crippen LogP contribution in [0.1, 0.15) is 61.5 Å². The summed E-state index contributed by atoms with van der Waals surface area (Å²) in [5.74, 6) is 0.0523. The number of nitrogens with zero attached hydrogens (tertiary/aromatic N) is 4. The van der Waals surface area contributed by atoms with E-state index in [-0.39, 0.29) is 11.3 Å². The number of nitrogens with one attached hydrogen (secondary N) is 1. The average Bonchev–Trinajstić information content (AvgIpc) is 3.13. The van der Waals surface area contributed by atoms with Crippen LogP contribution in [0.15, 0.2) is 29.1 Å². The van der Waals surface area contributed by atoms with Crippen LogP contribution in [0.25, 0.3) is 0 Å². The number of hydrogen-bond donors (Lipinski definition) is 1. The van der Waals surface area contributed by atoms with Gasteiger partial charge in [0, 0.05) is 25.3 Å². The van der Waals surface area contributed by atoms with Gasteiger partial charge in [0.25, 0.3) is 11.5 Å². The molecule has 0 aliphatic carbocycles. The standard InChI is InChI=1S/C21H29N5O2/c1-3-4-5-6-7-8-13-22-19(27)18-20(28)26-15-14-25(21(26)24-23-18)17-11-9-16(2)10-12-17/h9-12H,3-8,13-15H2,1-2H3,(H,22,27). The van der Waals surface area contributed by atoms with Crippen LogP contribution in [0, 0.1) is 6.92 Å². The molecule has 3 rings (SSSR count). The molecule has 1 amide bonds. The number of unbranched alkanes of at least 4 members (excludes halogenated alkanes) is 5. The van der Waals surface area contributed by atoms with Gasteiger partial charge in [-0.05, 0) is 25.5 Å². The monoisotopic (exact) mass is 383 g/mol. The van der Waals surface area contributed by atoms with Crippen molar-refractivity contribution in [2.24, 2.45) is 0 Å². The Bertz CT molecular complexity index is 860.